The Morgan fingerprint density at radius 1 is 1.39 bits per heavy atom. The smallest absolute Gasteiger partial charge is 0.203 e. The summed E-state index contributed by atoms with van der Waals surface area (Å²) >= 11 is 0. The summed E-state index contributed by atoms with van der Waals surface area (Å²) in [6.07, 6.45) is 7.39. The summed E-state index contributed by atoms with van der Waals surface area (Å²) in [4.78, 5) is 4.42. The van der Waals surface area contributed by atoms with Gasteiger partial charge in [0.25, 0.3) is 0 Å². The fourth-order valence-corrected chi connectivity index (χ4v) is 2.73. The first-order valence-electron chi connectivity index (χ1n) is 6.74. The fourth-order valence-electron chi connectivity index (χ4n) is 2.73. The van der Waals surface area contributed by atoms with Gasteiger partial charge < -0.3 is 9.88 Å². The molecule has 1 N–H and O–H groups in total. The third-order valence-corrected chi connectivity index (χ3v) is 3.62. The lowest BCUT2D eigenvalue weighted by molar-refractivity contribution is 0.664. The molecule has 0 saturated heterocycles. The number of aryl methyl sites for hydroxylation is 2. The third-order valence-electron chi connectivity index (χ3n) is 3.62. The first-order chi connectivity index (χ1) is 8.88. The van der Waals surface area contributed by atoms with Crippen LogP contribution < -0.4 is 5.32 Å². The van der Waals surface area contributed by atoms with Crippen molar-refractivity contribution in [2.24, 2.45) is 0 Å². The molecule has 0 bridgehead atoms. The Hall–Kier alpha value is -1.77. The van der Waals surface area contributed by atoms with E-state index in [0.29, 0.717) is 6.04 Å². The molecular weight excluding hydrogens is 222 g/mol. The summed E-state index contributed by atoms with van der Waals surface area (Å²) < 4.78 is 2.20. The largest absolute Gasteiger partial charge is 0.349 e. The fraction of sp³-hybridized carbons (Fsp3) is 0.400. The van der Waals surface area contributed by atoms with Gasteiger partial charge in [0.05, 0.1) is 6.04 Å². The number of nitrogens with one attached hydrogen (secondary N) is 1. The van der Waals surface area contributed by atoms with E-state index in [1.807, 2.05) is 12.4 Å². The van der Waals surface area contributed by atoms with Gasteiger partial charge in [0.1, 0.15) is 0 Å². The maximum atomic E-state index is 4.42. The highest BCUT2D eigenvalue weighted by Crippen LogP contribution is 2.33. The van der Waals surface area contributed by atoms with Gasteiger partial charge in [-0.2, -0.15) is 0 Å². The van der Waals surface area contributed by atoms with Crippen LogP contribution in [-0.4, -0.2) is 9.55 Å². The van der Waals surface area contributed by atoms with Crippen LogP contribution in [0.25, 0.3) is 0 Å². The van der Waals surface area contributed by atoms with E-state index in [1.165, 1.54) is 24.0 Å². The van der Waals surface area contributed by atoms with Crippen LogP contribution in [0.5, 0.6) is 0 Å². The summed E-state index contributed by atoms with van der Waals surface area (Å²) in [7, 11) is 0. The van der Waals surface area contributed by atoms with Gasteiger partial charge in [0.2, 0.25) is 5.95 Å². The minimum Gasteiger partial charge on any atom is -0.349 e. The Kier molecular flexibility index (Phi) is 3.05. The number of nitrogens with zero attached hydrogens (tertiary/aromatic N) is 2. The highest BCUT2D eigenvalue weighted by Gasteiger charge is 2.22. The Bertz CT molecular complexity index is 530. The van der Waals surface area contributed by atoms with E-state index in [2.05, 4.69) is 46.1 Å². The van der Waals surface area contributed by atoms with Gasteiger partial charge in [-0.1, -0.05) is 31.2 Å². The first-order valence-corrected chi connectivity index (χ1v) is 6.74. The summed E-state index contributed by atoms with van der Waals surface area (Å²) in [5, 5.41) is 3.58. The molecule has 0 radical (unpaired) electrons. The average molecular weight is 241 g/mol. The van der Waals surface area contributed by atoms with Crippen LogP contribution >= 0.6 is 0 Å². The van der Waals surface area contributed by atoms with Gasteiger partial charge >= 0.3 is 0 Å². The highest BCUT2D eigenvalue weighted by atomic mass is 15.2. The lowest BCUT2D eigenvalue weighted by Gasteiger charge is -2.16. The molecule has 2 aromatic rings. The van der Waals surface area contributed by atoms with Crippen molar-refractivity contribution in [1.29, 1.82) is 0 Å². The average Bonchev–Trinajstić information content (AvgIpc) is 2.99. The number of anilines is 1. The number of rotatable bonds is 4. The number of aromatic nitrogens is 2. The molecule has 0 saturated carbocycles. The minimum atomic E-state index is 0.416. The molecule has 1 aromatic carbocycles. The van der Waals surface area contributed by atoms with Crippen molar-refractivity contribution in [3.8, 4) is 0 Å². The van der Waals surface area contributed by atoms with Crippen LogP contribution in [0.4, 0.5) is 5.95 Å². The van der Waals surface area contributed by atoms with E-state index < -0.39 is 0 Å². The van der Waals surface area contributed by atoms with E-state index in [0.717, 1.165) is 18.9 Å². The summed E-state index contributed by atoms with van der Waals surface area (Å²) in [5.74, 6) is 0.999. The predicted molar refractivity (Wildman–Crippen MR) is 73.6 cm³/mol. The van der Waals surface area contributed by atoms with E-state index >= 15 is 0 Å². The molecule has 0 amide bonds. The second kappa shape index (κ2) is 4.84. The maximum Gasteiger partial charge on any atom is 0.203 e. The van der Waals surface area contributed by atoms with Gasteiger partial charge in [-0.15, -0.1) is 0 Å². The number of fused-ring (bicyclic) bond motifs is 1. The maximum absolute atomic E-state index is 4.42. The lowest BCUT2D eigenvalue weighted by atomic mass is 10.1. The topological polar surface area (TPSA) is 29.9 Å². The van der Waals surface area contributed by atoms with Gasteiger partial charge in [-0.3, -0.25) is 0 Å². The zero-order valence-corrected chi connectivity index (χ0v) is 10.8. The third kappa shape index (κ3) is 2.01. The molecule has 0 fully saturated rings. The Morgan fingerprint density at radius 2 is 2.28 bits per heavy atom. The molecule has 1 aromatic heterocycles. The highest BCUT2D eigenvalue weighted by molar-refractivity contribution is 5.40. The number of benzene rings is 1. The molecule has 1 heterocycles. The first kappa shape index (κ1) is 11.3. The molecule has 18 heavy (non-hydrogen) atoms. The molecule has 3 nitrogen and oxygen atoms in total. The van der Waals surface area contributed by atoms with Gasteiger partial charge in [-0.05, 0) is 30.4 Å². The van der Waals surface area contributed by atoms with Crippen LogP contribution in [0.2, 0.25) is 0 Å². The van der Waals surface area contributed by atoms with Crippen LogP contribution in [0.15, 0.2) is 36.7 Å². The lowest BCUT2D eigenvalue weighted by Crippen LogP contribution is -2.12. The van der Waals surface area contributed by atoms with E-state index in [4.69, 9.17) is 0 Å². The van der Waals surface area contributed by atoms with Crippen molar-refractivity contribution in [2.45, 2.75) is 38.8 Å². The van der Waals surface area contributed by atoms with Gasteiger partial charge in [0, 0.05) is 18.9 Å². The number of imidazole rings is 1. The second-order valence-electron chi connectivity index (χ2n) is 4.88. The van der Waals surface area contributed by atoms with Crippen LogP contribution in [0.3, 0.4) is 0 Å². The van der Waals surface area contributed by atoms with Crippen LogP contribution in [0.1, 0.15) is 36.9 Å². The molecular formula is C15H19N3. The second-order valence-corrected chi connectivity index (χ2v) is 4.88. The standard InChI is InChI=1S/C15H19N3/c1-2-10-18-11-9-16-15(18)17-14-8-7-12-5-3-4-6-13(12)14/h3-6,9,11,14H,2,7-8,10H2,1H3,(H,16,17). The molecule has 1 atom stereocenters. The quantitative estimate of drug-likeness (QED) is 0.889. The summed E-state index contributed by atoms with van der Waals surface area (Å²) in [6.45, 7) is 3.21. The minimum absolute atomic E-state index is 0.416. The molecule has 1 aliphatic rings. The Labute approximate surface area is 108 Å². The predicted octanol–water partition coefficient (Wildman–Crippen LogP) is 3.39. The van der Waals surface area contributed by atoms with Crippen molar-refractivity contribution in [3.05, 3.63) is 47.8 Å². The van der Waals surface area contributed by atoms with Crippen molar-refractivity contribution < 1.29 is 0 Å². The summed E-state index contributed by atoms with van der Waals surface area (Å²) in [5.41, 5.74) is 2.91. The van der Waals surface area contributed by atoms with Crippen molar-refractivity contribution in [2.75, 3.05) is 5.32 Å². The van der Waals surface area contributed by atoms with Crippen LogP contribution in [-0.2, 0) is 13.0 Å². The van der Waals surface area contributed by atoms with E-state index in [9.17, 15) is 0 Å². The molecule has 94 valence electrons. The molecule has 0 aliphatic heterocycles. The molecule has 3 rings (SSSR count). The molecule has 0 spiro atoms. The zero-order chi connectivity index (χ0) is 12.4. The van der Waals surface area contributed by atoms with Crippen molar-refractivity contribution >= 4 is 5.95 Å². The normalized spacial score (nSPS) is 17.7. The zero-order valence-electron chi connectivity index (χ0n) is 10.8. The van der Waals surface area contributed by atoms with Gasteiger partial charge in [0.15, 0.2) is 0 Å². The van der Waals surface area contributed by atoms with Crippen molar-refractivity contribution in [3.63, 3.8) is 0 Å². The SMILES string of the molecule is CCCn1ccnc1NC1CCc2ccccc21. The molecule has 3 heteroatoms. The number of hydrogen-bond acceptors (Lipinski definition) is 2. The Balaban J connectivity index is 1.80. The molecule has 1 aliphatic carbocycles. The Morgan fingerprint density at radius 3 is 3.17 bits per heavy atom. The van der Waals surface area contributed by atoms with Gasteiger partial charge in [-0.25, -0.2) is 4.98 Å². The number of hydrogen-bond donors (Lipinski definition) is 1. The van der Waals surface area contributed by atoms with E-state index in [-0.39, 0.29) is 0 Å². The van der Waals surface area contributed by atoms with Crippen LogP contribution in [0, 0.1) is 0 Å². The monoisotopic (exact) mass is 241 g/mol. The summed E-state index contributed by atoms with van der Waals surface area (Å²) in [6, 6.07) is 9.12. The van der Waals surface area contributed by atoms with E-state index in [1.54, 1.807) is 0 Å². The molecule has 1 unspecified atom stereocenters. The van der Waals surface area contributed by atoms with Crippen molar-refractivity contribution in [1.82, 2.24) is 9.55 Å².